The lowest BCUT2D eigenvalue weighted by Gasteiger charge is -2.19. The van der Waals surface area contributed by atoms with E-state index in [1.807, 2.05) is 45.0 Å². The zero-order chi connectivity index (χ0) is 23.8. The van der Waals surface area contributed by atoms with Crippen molar-refractivity contribution >= 4 is 17.9 Å². The Morgan fingerprint density at radius 3 is 2.36 bits per heavy atom. The highest BCUT2D eigenvalue weighted by Gasteiger charge is 2.19. The number of amides is 2. The third kappa shape index (κ3) is 6.49. The van der Waals surface area contributed by atoms with Gasteiger partial charge in [-0.15, -0.1) is 0 Å². The summed E-state index contributed by atoms with van der Waals surface area (Å²) in [4.78, 5) is 25.8. The molecule has 1 aromatic heterocycles. The number of hydrogen-bond donors (Lipinski definition) is 2. The fraction of sp³-hybridized carbons (Fsp3) is 0.231. The Morgan fingerprint density at radius 1 is 0.970 bits per heavy atom. The maximum atomic E-state index is 13.1. The van der Waals surface area contributed by atoms with Crippen LogP contribution in [0.5, 0.6) is 11.5 Å². The second-order valence-corrected chi connectivity index (χ2v) is 7.67. The quantitative estimate of drug-likeness (QED) is 0.462. The molecule has 7 nitrogen and oxygen atoms in total. The van der Waals surface area contributed by atoms with Gasteiger partial charge >= 0.3 is 0 Å². The van der Waals surface area contributed by atoms with Crippen LogP contribution in [0.1, 0.15) is 48.5 Å². The van der Waals surface area contributed by atoms with Gasteiger partial charge in [-0.05, 0) is 62.7 Å². The van der Waals surface area contributed by atoms with Crippen LogP contribution in [-0.4, -0.2) is 25.0 Å². The summed E-state index contributed by atoms with van der Waals surface area (Å²) in [5, 5.41) is 5.60. The topological polar surface area (TPSA) is 89.8 Å². The SMILES string of the molecule is COc1cc(C(C)NC(=O)/C(=C/c2ccco2)NC(=O)c2ccccc2)ccc1OC(C)C. The monoisotopic (exact) mass is 448 g/mol. The molecule has 0 radical (unpaired) electrons. The third-order valence-corrected chi connectivity index (χ3v) is 4.76. The number of nitrogens with one attached hydrogen (secondary N) is 2. The first-order chi connectivity index (χ1) is 15.9. The lowest BCUT2D eigenvalue weighted by atomic mass is 10.1. The van der Waals surface area contributed by atoms with E-state index in [1.165, 1.54) is 12.3 Å². The first kappa shape index (κ1) is 23.7. The van der Waals surface area contributed by atoms with E-state index < -0.39 is 11.8 Å². The van der Waals surface area contributed by atoms with Gasteiger partial charge < -0.3 is 24.5 Å². The molecule has 0 saturated heterocycles. The van der Waals surface area contributed by atoms with Crippen molar-refractivity contribution in [2.75, 3.05) is 7.11 Å². The van der Waals surface area contributed by atoms with E-state index >= 15 is 0 Å². The molecule has 0 fully saturated rings. The number of ether oxygens (including phenoxy) is 2. The normalized spacial score (nSPS) is 12.2. The van der Waals surface area contributed by atoms with E-state index in [2.05, 4.69) is 10.6 Å². The van der Waals surface area contributed by atoms with Gasteiger partial charge in [0.2, 0.25) is 0 Å². The van der Waals surface area contributed by atoms with Crippen molar-refractivity contribution in [3.63, 3.8) is 0 Å². The van der Waals surface area contributed by atoms with Gasteiger partial charge in [0.05, 0.1) is 25.5 Å². The summed E-state index contributed by atoms with van der Waals surface area (Å²) in [7, 11) is 1.57. The smallest absolute Gasteiger partial charge is 0.268 e. The van der Waals surface area contributed by atoms with Crippen LogP contribution in [0.15, 0.2) is 77.0 Å². The number of hydrogen-bond acceptors (Lipinski definition) is 5. The molecule has 1 atom stereocenters. The van der Waals surface area contributed by atoms with Crippen molar-refractivity contribution in [2.45, 2.75) is 32.9 Å². The van der Waals surface area contributed by atoms with Crippen molar-refractivity contribution in [3.05, 3.63) is 89.5 Å². The number of furan rings is 1. The molecule has 1 unspecified atom stereocenters. The maximum Gasteiger partial charge on any atom is 0.268 e. The van der Waals surface area contributed by atoms with Gasteiger partial charge in [0.15, 0.2) is 11.5 Å². The average molecular weight is 449 g/mol. The standard InChI is InChI=1S/C26H28N2O5/c1-17(2)33-23-13-12-20(15-24(23)31-4)18(3)27-26(30)22(16-21-11-8-14-32-21)28-25(29)19-9-6-5-7-10-19/h5-18H,1-4H3,(H,27,30)(H,28,29)/b22-16-. The Hall–Kier alpha value is -4.00. The molecular weight excluding hydrogens is 420 g/mol. The molecule has 1 heterocycles. The van der Waals surface area contributed by atoms with E-state index in [4.69, 9.17) is 13.9 Å². The molecule has 2 aromatic carbocycles. The highest BCUT2D eigenvalue weighted by Crippen LogP contribution is 2.31. The van der Waals surface area contributed by atoms with Gasteiger partial charge in [-0.3, -0.25) is 9.59 Å². The first-order valence-electron chi connectivity index (χ1n) is 10.6. The van der Waals surface area contributed by atoms with Gasteiger partial charge in [0.25, 0.3) is 11.8 Å². The molecule has 172 valence electrons. The Morgan fingerprint density at radius 2 is 1.73 bits per heavy atom. The number of methoxy groups -OCH3 is 1. The minimum Gasteiger partial charge on any atom is -0.493 e. The Kier molecular flexibility index (Phi) is 7.91. The zero-order valence-corrected chi connectivity index (χ0v) is 19.1. The molecule has 0 aliphatic carbocycles. The molecule has 3 aromatic rings. The van der Waals surface area contributed by atoms with Crippen molar-refractivity contribution < 1.29 is 23.5 Å². The molecule has 0 aliphatic rings. The lowest BCUT2D eigenvalue weighted by molar-refractivity contribution is -0.118. The summed E-state index contributed by atoms with van der Waals surface area (Å²) >= 11 is 0. The second-order valence-electron chi connectivity index (χ2n) is 7.67. The number of benzene rings is 2. The van der Waals surface area contributed by atoms with Crippen molar-refractivity contribution in [3.8, 4) is 11.5 Å². The molecule has 33 heavy (non-hydrogen) atoms. The van der Waals surface area contributed by atoms with E-state index in [0.29, 0.717) is 22.8 Å². The largest absolute Gasteiger partial charge is 0.493 e. The Balaban J connectivity index is 1.79. The molecule has 0 bridgehead atoms. The Labute approximate surface area is 193 Å². The summed E-state index contributed by atoms with van der Waals surface area (Å²) in [6, 6.07) is 17.2. The van der Waals surface area contributed by atoms with Crippen LogP contribution in [0.4, 0.5) is 0 Å². The summed E-state index contributed by atoms with van der Waals surface area (Å²) in [5.41, 5.74) is 1.33. The van der Waals surface area contributed by atoms with Gasteiger partial charge in [-0.1, -0.05) is 24.3 Å². The zero-order valence-electron chi connectivity index (χ0n) is 19.1. The average Bonchev–Trinajstić information content (AvgIpc) is 3.32. The van der Waals surface area contributed by atoms with Crippen molar-refractivity contribution in [1.29, 1.82) is 0 Å². The van der Waals surface area contributed by atoms with E-state index in [-0.39, 0.29) is 17.8 Å². The molecule has 2 N–H and O–H groups in total. The fourth-order valence-corrected chi connectivity index (χ4v) is 3.12. The number of rotatable bonds is 9. The summed E-state index contributed by atoms with van der Waals surface area (Å²) in [6.45, 7) is 5.72. The van der Waals surface area contributed by atoms with Crippen molar-refractivity contribution in [1.82, 2.24) is 10.6 Å². The van der Waals surface area contributed by atoms with Gasteiger partial charge in [-0.25, -0.2) is 0 Å². The molecule has 3 rings (SSSR count). The van der Waals surface area contributed by atoms with Crippen LogP contribution in [0.3, 0.4) is 0 Å². The van der Waals surface area contributed by atoms with Gasteiger partial charge in [0, 0.05) is 11.6 Å². The van der Waals surface area contributed by atoms with Crippen LogP contribution in [0, 0.1) is 0 Å². The molecule has 0 aliphatic heterocycles. The molecule has 0 saturated carbocycles. The van der Waals surface area contributed by atoms with E-state index in [9.17, 15) is 9.59 Å². The molecule has 2 amide bonds. The van der Waals surface area contributed by atoms with E-state index in [0.717, 1.165) is 5.56 Å². The van der Waals surface area contributed by atoms with Crippen LogP contribution < -0.4 is 20.1 Å². The minimum atomic E-state index is -0.454. The van der Waals surface area contributed by atoms with Gasteiger partial charge in [-0.2, -0.15) is 0 Å². The number of carbonyl (C=O) groups is 2. The third-order valence-electron chi connectivity index (χ3n) is 4.76. The molecular formula is C26H28N2O5. The van der Waals surface area contributed by atoms with E-state index in [1.54, 1.807) is 43.5 Å². The first-order valence-corrected chi connectivity index (χ1v) is 10.6. The number of carbonyl (C=O) groups excluding carboxylic acids is 2. The highest BCUT2D eigenvalue weighted by molar-refractivity contribution is 6.05. The summed E-state index contributed by atoms with van der Waals surface area (Å²) < 4.78 is 16.5. The van der Waals surface area contributed by atoms with Gasteiger partial charge in [0.1, 0.15) is 11.5 Å². The predicted molar refractivity (Wildman–Crippen MR) is 126 cm³/mol. The molecule has 7 heteroatoms. The lowest BCUT2D eigenvalue weighted by Crippen LogP contribution is -2.36. The maximum absolute atomic E-state index is 13.1. The second kappa shape index (κ2) is 11.0. The van der Waals surface area contributed by atoms with Crippen LogP contribution in [-0.2, 0) is 4.79 Å². The van der Waals surface area contributed by atoms with Crippen LogP contribution in [0.2, 0.25) is 0 Å². The van der Waals surface area contributed by atoms with Crippen LogP contribution in [0.25, 0.3) is 6.08 Å². The highest BCUT2D eigenvalue weighted by atomic mass is 16.5. The fourth-order valence-electron chi connectivity index (χ4n) is 3.12. The predicted octanol–water partition coefficient (Wildman–Crippen LogP) is 4.72. The Bertz CT molecular complexity index is 1100. The van der Waals surface area contributed by atoms with Crippen molar-refractivity contribution in [2.24, 2.45) is 0 Å². The minimum absolute atomic E-state index is 0.00407. The van der Waals surface area contributed by atoms with Crippen LogP contribution >= 0.6 is 0 Å². The summed E-state index contributed by atoms with van der Waals surface area (Å²) in [6.07, 6.45) is 2.99. The molecule has 0 spiro atoms. The summed E-state index contributed by atoms with van der Waals surface area (Å²) in [5.74, 6) is 0.796.